The molecule has 0 saturated carbocycles. The van der Waals surface area contributed by atoms with Gasteiger partial charge in [0, 0.05) is 31.5 Å². The molecule has 9 heteroatoms. The number of aliphatic carboxylic acids is 1. The van der Waals surface area contributed by atoms with Crippen LogP contribution in [0.3, 0.4) is 0 Å². The molecule has 178 valence electrons. The van der Waals surface area contributed by atoms with Gasteiger partial charge in [-0.3, -0.25) is 14.4 Å². The number of carboxylic acids is 1. The van der Waals surface area contributed by atoms with Crippen molar-refractivity contribution in [3.05, 3.63) is 59.7 Å². The number of carboxylic acid groups (broad SMARTS) is 1. The minimum atomic E-state index is -1.16. The standard InChI is InChI=1S/C25H27N3O6/c1-15(12-22(29)28-11-10-26-24(32)21(28)13-23(30)31)27-25(33)34-14-20-18-8-4-2-6-16(18)17-7-3-5-9-19(17)20/h2-9,15,20-21H,10-14H2,1H3,(H,26,32)(H,27,33)(H,30,31)/t15-,21?/m0/s1. The highest BCUT2D eigenvalue weighted by Gasteiger charge is 2.35. The molecule has 2 atom stereocenters. The Morgan fingerprint density at radius 2 is 1.74 bits per heavy atom. The maximum absolute atomic E-state index is 12.7. The Balaban J connectivity index is 1.33. The normalized spacial score (nSPS) is 17.9. The molecule has 3 amide bonds. The highest BCUT2D eigenvalue weighted by molar-refractivity contribution is 5.92. The summed E-state index contributed by atoms with van der Waals surface area (Å²) in [7, 11) is 0. The SMILES string of the molecule is C[C@@H](CC(=O)N1CCNC(=O)C1CC(=O)O)NC(=O)OCC1c2ccccc2-c2ccccc21. The van der Waals surface area contributed by atoms with E-state index in [1.807, 2.05) is 36.4 Å². The summed E-state index contributed by atoms with van der Waals surface area (Å²) in [6.07, 6.45) is -1.18. The first-order chi connectivity index (χ1) is 16.3. The fourth-order valence-corrected chi connectivity index (χ4v) is 4.65. The number of alkyl carbamates (subject to hydrolysis) is 1. The van der Waals surface area contributed by atoms with Gasteiger partial charge in [0.25, 0.3) is 0 Å². The van der Waals surface area contributed by atoms with Crippen molar-refractivity contribution in [2.24, 2.45) is 0 Å². The van der Waals surface area contributed by atoms with Gasteiger partial charge < -0.3 is 25.4 Å². The Bertz CT molecular complexity index is 1070. The van der Waals surface area contributed by atoms with E-state index in [0.717, 1.165) is 22.3 Å². The Kier molecular flexibility index (Phi) is 6.81. The number of ether oxygens (including phenoxy) is 1. The first-order valence-corrected chi connectivity index (χ1v) is 11.3. The number of nitrogens with zero attached hydrogens (tertiary/aromatic N) is 1. The molecule has 34 heavy (non-hydrogen) atoms. The summed E-state index contributed by atoms with van der Waals surface area (Å²) in [5.74, 6) is -2.12. The zero-order valence-corrected chi connectivity index (χ0v) is 18.8. The minimum Gasteiger partial charge on any atom is -0.481 e. The Morgan fingerprint density at radius 1 is 1.12 bits per heavy atom. The predicted molar refractivity (Wildman–Crippen MR) is 123 cm³/mol. The summed E-state index contributed by atoms with van der Waals surface area (Å²) in [6, 6.07) is 14.5. The highest BCUT2D eigenvalue weighted by atomic mass is 16.5. The average Bonchev–Trinajstić information content (AvgIpc) is 3.12. The van der Waals surface area contributed by atoms with Gasteiger partial charge in [0.05, 0.1) is 6.42 Å². The minimum absolute atomic E-state index is 0.0706. The van der Waals surface area contributed by atoms with Gasteiger partial charge in [-0.15, -0.1) is 0 Å². The zero-order valence-electron chi connectivity index (χ0n) is 18.8. The van der Waals surface area contributed by atoms with Gasteiger partial charge in [0.15, 0.2) is 0 Å². The first kappa shape index (κ1) is 23.3. The zero-order chi connectivity index (χ0) is 24.2. The molecule has 1 heterocycles. The van der Waals surface area contributed by atoms with Crippen LogP contribution in [0.4, 0.5) is 4.79 Å². The van der Waals surface area contributed by atoms with Gasteiger partial charge >= 0.3 is 12.1 Å². The summed E-state index contributed by atoms with van der Waals surface area (Å²) >= 11 is 0. The molecule has 0 spiro atoms. The Morgan fingerprint density at radius 3 is 2.35 bits per heavy atom. The fourth-order valence-electron chi connectivity index (χ4n) is 4.65. The van der Waals surface area contributed by atoms with E-state index < -0.39 is 42.4 Å². The van der Waals surface area contributed by atoms with Crippen molar-refractivity contribution in [3.8, 4) is 11.1 Å². The van der Waals surface area contributed by atoms with Crippen LogP contribution in [0, 0.1) is 0 Å². The quantitative estimate of drug-likeness (QED) is 0.575. The van der Waals surface area contributed by atoms with Crippen LogP contribution in [0.2, 0.25) is 0 Å². The van der Waals surface area contributed by atoms with Gasteiger partial charge in [-0.25, -0.2) is 4.79 Å². The van der Waals surface area contributed by atoms with E-state index in [-0.39, 0.29) is 32.0 Å². The van der Waals surface area contributed by atoms with Crippen LogP contribution in [0.15, 0.2) is 48.5 Å². The van der Waals surface area contributed by atoms with E-state index in [1.165, 1.54) is 4.90 Å². The number of benzene rings is 2. The van der Waals surface area contributed by atoms with Crippen molar-refractivity contribution < 1.29 is 29.0 Å². The maximum Gasteiger partial charge on any atom is 0.407 e. The largest absolute Gasteiger partial charge is 0.481 e. The molecular formula is C25H27N3O6. The number of piperazine rings is 1. The van der Waals surface area contributed by atoms with Gasteiger partial charge in [0.2, 0.25) is 11.8 Å². The van der Waals surface area contributed by atoms with Gasteiger partial charge in [0.1, 0.15) is 12.6 Å². The summed E-state index contributed by atoms with van der Waals surface area (Å²) in [5, 5.41) is 14.3. The molecule has 2 aromatic carbocycles. The second kappa shape index (κ2) is 9.94. The Labute approximate surface area is 197 Å². The third-order valence-corrected chi connectivity index (χ3v) is 6.21. The van der Waals surface area contributed by atoms with Crippen molar-refractivity contribution in [1.82, 2.24) is 15.5 Å². The number of rotatable bonds is 7. The third kappa shape index (κ3) is 4.88. The molecule has 1 saturated heterocycles. The summed E-state index contributed by atoms with van der Waals surface area (Å²) in [5.41, 5.74) is 4.47. The van der Waals surface area contributed by atoms with Crippen molar-refractivity contribution in [3.63, 3.8) is 0 Å². The number of carbonyl (C=O) groups excluding carboxylic acids is 3. The number of carbonyl (C=O) groups is 4. The first-order valence-electron chi connectivity index (χ1n) is 11.3. The van der Waals surface area contributed by atoms with Crippen LogP contribution in [-0.4, -0.2) is 65.7 Å². The van der Waals surface area contributed by atoms with Crippen LogP contribution < -0.4 is 10.6 Å². The smallest absolute Gasteiger partial charge is 0.407 e. The lowest BCUT2D eigenvalue weighted by molar-refractivity contribution is -0.148. The molecule has 0 bridgehead atoms. The molecule has 0 aromatic heterocycles. The van der Waals surface area contributed by atoms with Crippen molar-refractivity contribution >= 4 is 23.9 Å². The van der Waals surface area contributed by atoms with Crippen molar-refractivity contribution in [1.29, 1.82) is 0 Å². The van der Waals surface area contributed by atoms with Crippen LogP contribution in [0.5, 0.6) is 0 Å². The number of fused-ring (bicyclic) bond motifs is 3. The second-order valence-corrected chi connectivity index (χ2v) is 8.57. The van der Waals surface area contributed by atoms with E-state index in [2.05, 4.69) is 22.8 Å². The van der Waals surface area contributed by atoms with Gasteiger partial charge in [-0.05, 0) is 29.2 Å². The Hall–Kier alpha value is -3.88. The predicted octanol–water partition coefficient (Wildman–Crippen LogP) is 2.11. The number of nitrogens with one attached hydrogen (secondary N) is 2. The molecule has 1 fully saturated rings. The topological polar surface area (TPSA) is 125 Å². The third-order valence-electron chi connectivity index (χ3n) is 6.21. The number of hydrogen-bond donors (Lipinski definition) is 3. The molecule has 4 rings (SSSR count). The molecule has 9 nitrogen and oxygen atoms in total. The number of hydrogen-bond acceptors (Lipinski definition) is 5. The average molecular weight is 466 g/mol. The monoisotopic (exact) mass is 465 g/mol. The molecule has 3 N–H and O–H groups in total. The van der Waals surface area contributed by atoms with Gasteiger partial charge in [-0.2, -0.15) is 0 Å². The lowest BCUT2D eigenvalue weighted by Crippen LogP contribution is -2.58. The molecule has 1 unspecified atom stereocenters. The number of amides is 3. The molecule has 1 aliphatic carbocycles. The van der Waals surface area contributed by atoms with Crippen LogP contribution in [0.25, 0.3) is 11.1 Å². The van der Waals surface area contributed by atoms with E-state index in [1.54, 1.807) is 6.92 Å². The van der Waals surface area contributed by atoms with E-state index in [4.69, 9.17) is 9.84 Å². The summed E-state index contributed by atoms with van der Waals surface area (Å²) in [6.45, 7) is 2.30. The van der Waals surface area contributed by atoms with E-state index in [0.29, 0.717) is 0 Å². The van der Waals surface area contributed by atoms with Crippen LogP contribution in [-0.2, 0) is 19.1 Å². The summed E-state index contributed by atoms with van der Waals surface area (Å²) < 4.78 is 5.51. The lowest BCUT2D eigenvalue weighted by atomic mass is 9.98. The van der Waals surface area contributed by atoms with Crippen molar-refractivity contribution in [2.75, 3.05) is 19.7 Å². The van der Waals surface area contributed by atoms with Crippen molar-refractivity contribution in [2.45, 2.75) is 37.8 Å². The second-order valence-electron chi connectivity index (χ2n) is 8.57. The van der Waals surface area contributed by atoms with Gasteiger partial charge in [-0.1, -0.05) is 48.5 Å². The highest BCUT2D eigenvalue weighted by Crippen LogP contribution is 2.44. The molecule has 2 aromatic rings. The molecule has 2 aliphatic rings. The van der Waals surface area contributed by atoms with Crippen LogP contribution in [0.1, 0.15) is 36.8 Å². The maximum atomic E-state index is 12.7. The molecule has 1 aliphatic heterocycles. The molecule has 0 radical (unpaired) electrons. The lowest BCUT2D eigenvalue weighted by Gasteiger charge is -2.34. The van der Waals surface area contributed by atoms with E-state index >= 15 is 0 Å². The summed E-state index contributed by atoms with van der Waals surface area (Å²) in [4.78, 5) is 49.6. The fraction of sp³-hybridized carbons (Fsp3) is 0.360. The van der Waals surface area contributed by atoms with E-state index in [9.17, 15) is 19.2 Å². The molecular weight excluding hydrogens is 438 g/mol. The van der Waals surface area contributed by atoms with Crippen LogP contribution >= 0.6 is 0 Å².